The summed E-state index contributed by atoms with van der Waals surface area (Å²) in [7, 11) is 1.40. The third-order valence-electron chi connectivity index (χ3n) is 3.60. The van der Waals surface area contributed by atoms with Gasteiger partial charge >= 0.3 is 0 Å². The molecule has 0 aliphatic carbocycles. The van der Waals surface area contributed by atoms with Crippen LogP contribution in [-0.4, -0.2) is 46.6 Å². The number of hydrogen-bond acceptors (Lipinski definition) is 5. The van der Waals surface area contributed by atoms with E-state index >= 15 is 0 Å². The summed E-state index contributed by atoms with van der Waals surface area (Å²) in [5.41, 5.74) is -0.855. The predicted octanol–water partition coefficient (Wildman–Crippen LogP) is 1.59. The molecule has 1 N–H and O–H groups in total. The summed E-state index contributed by atoms with van der Waals surface area (Å²) in [6.07, 6.45) is 1.46. The zero-order valence-corrected chi connectivity index (χ0v) is 12.0. The minimum absolute atomic E-state index is 0.144. The maximum atomic E-state index is 12.4. The van der Waals surface area contributed by atoms with Gasteiger partial charge in [0.15, 0.2) is 0 Å². The molecule has 114 valence electrons. The average molecular weight is 294 g/mol. The van der Waals surface area contributed by atoms with Gasteiger partial charge in [0.05, 0.1) is 36.3 Å². The van der Waals surface area contributed by atoms with Crippen molar-refractivity contribution in [2.45, 2.75) is 25.4 Å². The van der Waals surface area contributed by atoms with Crippen LogP contribution in [0.4, 0.5) is 5.69 Å². The molecule has 0 aromatic heterocycles. The van der Waals surface area contributed by atoms with E-state index in [1.54, 1.807) is 0 Å². The van der Waals surface area contributed by atoms with Crippen LogP contribution in [0.3, 0.4) is 0 Å². The lowest BCUT2D eigenvalue weighted by Gasteiger charge is -2.46. The van der Waals surface area contributed by atoms with Gasteiger partial charge in [-0.3, -0.25) is 14.9 Å². The maximum absolute atomic E-state index is 12.4. The van der Waals surface area contributed by atoms with Gasteiger partial charge in [-0.2, -0.15) is 0 Å². The van der Waals surface area contributed by atoms with Crippen molar-refractivity contribution < 1.29 is 19.6 Å². The highest BCUT2D eigenvalue weighted by Gasteiger charge is 2.43. The Morgan fingerprint density at radius 2 is 2.19 bits per heavy atom. The van der Waals surface area contributed by atoms with Crippen molar-refractivity contribution in [3.63, 3.8) is 0 Å². The fourth-order valence-electron chi connectivity index (χ4n) is 2.58. The number of nitro groups is 1. The number of rotatable bonds is 5. The molecular weight excluding hydrogens is 276 g/mol. The second-order valence-corrected chi connectivity index (χ2v) is 5.28. The molecule has 1 aliphatic heterocycles. The number of carbonyl (C=O) groups excluding carboxylic acids is 1. The molecule has 1 heterocycles. The molecule has 7 nitrogen and oxygen atoms in total. The summed E-state index contributed by atoms with van der Waals surface area (Å²) < 4.78 is 5.09. The van der Waals surface area contributed by atoms with E-state index in [1.165, 1.54) is 30.2 Å². The van der Waals surface area contributed by atoms with Gasteiger partial charge in [0.1, 0.15) is 5.75 Å². The molecule has 0 spiro atoms. The Morgan fingerprint density at radius 3 is 2.71 bits per heavy atom. The molecule has 2 rings (SSSR count). The number of benzene rings is 1. The van der Waals surface area contributed by atoms with E-state index < -0.39 is 10.5 Å². The van der Waals surface area contributed by atoms with E-state index in [0.29, 0.717) is 6.42 Å². The Labute approximate surface area is 122 Å². The van der Waals surface area contributed by atoms with Gasteiger partial charge in [0.25, 0.3) is 11.6 Å². The Bertz CT molecular complexity index is 566. The molecule has 1 fully saturated rings. The molecule has 0 unspecified atom stereocenters. The van der Waals surface area contributed by atoms with Crippen LogP contribution >= 0.6 is 0 Å². The van der Waals surface area contributed by atoms with E-state index in [4.69, 9.17) is 4.74 Å². The van der Waals surface area contributed by atoms with Crippen LogP contribution in [0.15, 0.2) is 18.2 Å². The fourth-order valence-corrected chi connectivity index (χ4v) is 2.58. The summed E-state index contributed by atoms with van der Waals surface area (Å²) in [6, 6.07) is 3.90. The Hall–Kier alpha value is -2.15. The lowest BCUT2D eigenvalue weighted by Crippen LogP contribution is -2.63. The van der Waals surface area contributed by atoms with Crippen LogP contribution in [0.1, 0.15) is 30.1 Å². The molecule has 0 atom stereocenters. The number of amides is 1. The highest BCUT2D eigenvalue weighted by atomic mass is 16.6. The van der Waals surface area contributed by atoms with Gasteiger partial charge in [-0.25, -0.2) is 0 Å². The lowest BCUT2D eigenvalue weighted by molar-refractivity contribution is -0.384. The largest absolute Gasteiger partial charge is 0.496 e. The minimum atomic E-state index is -0.835. The number of ether oxygens (including phenoxy) is 1. The molecule has 0 saturated carbocycles. The molecule has 1 aliphatic rings. The fraction of sp³-hybridized carbons (Fsp3) is 0.500. The van der Waals surface area contributed by atoms with Gasteiger partial charge < -0.3 is 14.7 Å². The summed E-state index contributed by atoms with van der Waals surface area (Å²) in [5.74, 6) is -0.0761. The maximum Gasteiger partial charge on any atom is 0.270 e. The van der Waals surface area contributed by atoms with Crippen molar-refractivity contribution in [1.29, 1.82) is 0 Å². The van der Waals surface area contributed by atoms with Gasteiger partial charge in [0.2, 0.25) is 0 Å². The number of non-ortho nitro benzene ring substituents is 1. The molecule has 1 aromatic carbocycles. The number of methoxy groups -OCH3 is 1. The summed E-state index contributed by atoms with van der Waals surface area (Å²) >= 11 is 0. The molecule has 0 bridgehead atoms. The molecular formula is C14H18N2O5. The van der Waals surface area contributed by atoms with Crippen molar-refractivity contribution in [1.82, 2.24) is 4.90 Å². The summed E-state index contributed by atoms with van der Waals surface area (Å²) in [4.78, 5) is 24.1. The quantitative estimate of drug-likeness (QED) is 0.657. The summed E-state index contributed by atoms with van der Waals surface area (Å²) in [5, 5.41) is 20.9. The van der Waals surface area contributed by atoms with E-state index in [-0.39, 0.29) is 36.0 Å². The van der Waals surface area contributed by atoms with Gasteiger partial charge in [-0.05, 0) is 12.5 Å². The Morgan fingerprint density at radius 1 is 1.52 bits per heavy atom. The van der Waals surface area contributed by atoms with E-state index in [1.807, 2.05) is 6.92 Å². The zero-order chi connectivity index (χ0) is 15.6. The highest BCUT2D eigenvalue weighted by molar-refractivity contribution is 5.98. The minimum Gasteiger partial charge on any atom is -0.496 e. The van der Waals surface area contributed by atoms with E-state index in [2.05, 4.69) is 0 Å². The number of nitrogens with zero attached hydrogens (tertiary/aromatic N) is 2. The van der Waals surface area contributed by atoms with Gasteiger partial charge in [-0.1, -0.05) is 13.3 Å². The number of likely N-dealkylation sites (tertiary alicyclic amines) is 1. The molecule has 7 heteroatoms. The van der Waals surface area contributed by atoms with Gasteiger partial charge in [0, 0.05) is 12.1 Å². The van der Waals surface area contributed by atoms with Crippen LogP contribution < -0.4 is 4.74 Å². The van der Waals surface area contributed by atoms with Crippen LogP contribution in [-0.2, 0) is 0 Å². The monoisotopic (exact) mass is 294 g/mol. The first-order valence-corrected chi connectivity index (χ1v) is 6.74. The number of hydrogen-bond donors (Lipinski definition) is 1. The summed E-state index contributed by atoms with van der Waals surface area (Å²) in [6.45, 7) is 2.45. The third kappa shape index (κ3) is 2.97. The average Bonchev–Trinajstić information content (AvgIpc) is 2.43. The van der Waals surface area contributed by atoms with Crippen LogP contribution in [0.2, 0.25) is 0 Å². The molecule has 21 heavy (non-hydrogen) atoms. The van der Waals surface area contributed by atoms with Gasteiger partial charge in [-0.15, -0.1) is 0 Å². The normalized spacial score (nSPS) is 16.2. The molecule has 0 radical (unpaired) electrons. The first kappa shape index (κ1) is 15.2. The highest BCUT2D eigenvalue weighted by Crippen LogP contribution is 2.31. The van der Waals surface area contributed by atoms with Crippen molar-refractivity contribution >= 4 is 11.6 Å². The van der Waals surface area contributed by atoms with E-state index in [9.17, 15) is 20.0 Å². The number of nitro benzene ring substituents is 1. The Balaban J connectivity index is 2.20. The smallest absolute Gasteiger partial charge is 0.270 e. The zero-order valence-electron chi connectivity index (χ0n) is 12.0. The molecule has 1 amide bonds. The van der Waals surface area contributed by atoms with Crippen LogP contribution in [0.5, 0.6) is 5.75 Å². The number of aliphatic hydroxyl groups is 1. The van der Waals surface area contributed by atoms with Crippen LogP contribution in [0, 0.1) is 10.1 Å². The van der Waals surface area contributed by atoms with Crippen molar-refractivity contribution in [3.05, 3.63) is 33.9 Å². The van der Waals surface area contributed by atoms with E-state index in [0.717, 1.165) is 6.42 Å². The SMILES string of the molecule is CCCC1(O)CN(C(=O)c2cc([N+](=O)[O-])ccc2OC)C1. The number of carbonyl (C=O) groups is 1. The van der Waals surface area contributed by atoms with Crippen LogP contribution in [0.25, 0.3) is 0 Å². The molecule has 1 aromatic rings. The second-order valence-electron chi connectivity index (χ2n) is 5.28. The standard InChI is InChI=1S/C14H18N2O5/c1-3-6-14(18)8-15(9-14)13(17)11-7-10(16(19)20)4-5-12(11)21-2/h4-5,7,18H,3,6,8-9H2,1-2H3. The molecule has 1 saturated heterocycles. The lowest BCUT2D eigenvalue weighted by atomic mass is 9.88. The predicted molar refractivity (Wildman–Crippen MR) is 75.4 cm³/mol. The van der Waals surface area contributed by atoms with Crippen molar-refractivity contribution in [3.8, 4) is 5.75 Å². The number of β-amino-alcohol motifs (C(OH)–C–C–N with tert-alkyl or cyclic N) is 1. The topological polar surface area (TPSA) is 92.9 Å². The third-order valence-corrected chi connectivity index (χ3v) is 3.60. The van der Waals surface area contributed by atoms with Crippen molar-refractivity contribution in [2.75, 3.05) is 20.2 Å². The Kier molecular flexibility index (Phi) is 4.13. The van der Waals surface area contributed by atoms with Crippen molar-refractivity contribution in [2.24, 2.45) is 0 Å². The second kappa shape index (κ2) is 5.69. The first-order chi connectivity index (χ1) is 9.90. The first-order valence-electron chi connectivity index (χ1n) is 6.74.